The van der Waals surface area contributed by atoms with Gasteiger partial charge in [-0.05, 0) is 36.8 Å². The third-order valence-electron chi connectivity index (χ3n) is 2.53. The molecule has 0 aliphatic rings. The number of benzene rings is 1. The van der Waals surface area contributed by atoms with Crippen molar-refractivity contribution in [2.45, 2.75) is 13.0 Å². The Balaban J connectivity index is 2.48. The summed E-state index contributed by atoms with van der Waals surface area (Å²) in [6.45, 7) is 1.77. The van der Waals surface area contributed by atoms with E-state index in [4.69, 9.17) is 17.4 Å². The number of nitrogens with one attached hydrogen (secondary N) is 1. The van der Waals surface area contributed by atoms with Crippen LogP contribution in [0.25, 0.3) is 0 Å². The predicted molar refractivity (Wildman–Crippen MR) is 67.3 cm³/mol. The summed E-state index contributed by atoms with van der Waals surface area (Å²) in [6.07, 6.45) is 1.62. The largest absolute Gasteiger partial charge is 0.271 e. The molecule has 3 N–H and O–H groups in total. The smallest absolute Gasteiger partial charge is 0.125 e. The molecule has 0 amide bonds. The van der Waals surface area contributed by atoms with Gasteiger partial charge in [0.1, 0.15) is 11.6 Å². The van der Waals surface area contributed by atoms with Gasteiger partial charge in [-0.3, -0.25) is 5.84 Å². The molecule has 94 valence electrons. The minimum atomic E-state index is -0.477. The van der Waals surface area contributed by atoms with Crippen LogP contribution < -0.4 is 11.3 Å². The highest BCUT2D eigenvalue weighted by Gasteiger charge is 2.18. The second-order valence-electron chi connectivity index (χ2n) is 3.79. The van der Waals surface area contributed by atoms with Crippen molar-refractivity contribution in [2.75, 3.05) is 0 Å². The van der Waals surface area contributed by atoms with Gasteiger partial charge in [0.2, 0.25) is 0 Å². The normalized spacial score (nSPS) is 12.4. The van der Waals surface area contributed by atoms with Crippen LogP contribution in [-0.2, 0) is 0 Å². The van der Waals surface area contributed by atoms with Gasteiger partial charge in [-0.2, -0.15) is 0 Å². The van der Waals surface area contributed by atoms with Crippen LogP contribution in [0, 0.1) is 12.7 Å². The van der Waals surface area contributed by atoms with Gasteiger partial charge < -0.3 is 0 Å². The Morgan fingerprint density at radius 1 is 1.39 bits per heavy atom. The van der Waals surface area contributed by atoms with Gasteiger partial charge in [0.25, 0.3) is 0 Å². The van der Waals surface area contributed by atoms with Crippen molar-refractivity contribution in [1.29, 1.82) is 0 Å². The first-order valence-corrected chi connectivity index (χ1v) is 5.70. The fraction of sp³-hybridized carbons (Fsp3) is 0.167. The summed E-state index contributed by atoms with van der Waals surface area (Å²) in [5.74, 6) is 5.75. The van der Waals surface area contributed by atoms with E-state index >= 15 is 0 Å². The molecular formula is C12H12ClFN4. The zero-order valence-corrected chi connectivity index (χ0v) is 10.4. The molecule has 4 nitrogen and oxygen atoms in total. The first-order valence-electron chi connectivity index (χ1n) is 5.32. The zero-order chi connectivity index (χ0) is 13.1. The van der Waals surface area contributed by atoms with Gasteiger partial charge in [0.05, 0.1) is 11.7 Å². The molecule has 2 rings (SSSR count). The van der Waals surface area contributed by atoms with Crippen molar-refractivity contribution in [3.05, 3.63) is 58.4 Å². The maximum absolute atomic E-state index is 13.3. The molecule has 1 atom stereocenters. The summed E-state index contributed by atoms with van der Waals surface area (Å²) in [5.41, 5.74) is 3.76. The Hall–Kier alpha value is -1.56. The van der Waals surface area contributed by atoms with Crippen molar-refractivity contribution in [2.24, 2.45) is 5.84 Å². The van der Waals surface area contributed by atoms with Crippen molar-refractivity contribution in [3.8, 4) is 0 Å². The summed E-state index contributed by atoms with van der Waals surface area (Å²) in [5, 5.41) is 0.426. The predicted octanol–water partition coefficient (Wildman–Crippen LogP) is 2.13. The molecule has 0 saturated heterocycles. The lowest BCUT2D eigenvalue weighted by atomic mass is 10.0. The lowest BCUT2D eigenvalue weighted by Gasteiger charge is -2.17. The average molecular weight is 267 g/mol. The molecule has 0 saturated carbocycles. The van der Waals surface area contributed by atoms with E-state index in [1.165, 1.54) is 18.2 Å². The quantitative estimate of drug-likeness (QED) is 0.660. The number of hydrogen-bond donors (Lipinski definition) is 2. The second-order valence-corrected chi connectivity index (χ2v) is 4.20. The van der Waals surface area contributed by atoms with E-state index in [0.717, 1.165) is 0 Å². The highest BCUT2D eigenvalue weighted by atomic mass is 35.5. The van der Waals surface area contributed by atoms with Crippen LogP contribution in [0.2, 0.25) is 5.02 Å². The number of rotatable bonds is 3. The number of aryl methyl sites for hydroxylation is 1. The van der Waals surface area contributed by atoms with Crippen LogP contribution in [0.1, 0.15) is 23.1 Å². The molecule has 2 aromatic rings. The van der Waals surface area contributed by atoms with E-state index in [-0.39, 0.29) is 5.82 Å². The van der Waals surface area contributed by atoms with Gasteiger partial charge in [-0.1, -0.05) is 11.6 Å². The highest BCUT2D eigenvalue weighted by Crippen LogP contribution is 2.27. The van der Waals surface area contributed by atoms with E-state index in [9.17, 15) is 4.39 Å². The zero-order valence-electron chi connectivity index (χ0n) is 9.69. The summed E-state index contributed by atoms with van der Waals surface area (Å²) in [6, 6.07) is 5.35. The molecule has 0 radical (unpaired) electrons. The van der Waals surface area contributed by atoms with Crippen LogP contribution in [-0.4, -0.2) is 9.97 Å². The highest BCUT2D eigenvalue weighted by molar-refractivity contribution is 6.31. The standard InChI is InChI=1S/C12H12ClFN4/c1-7-16-5-4-11(17-7)12(18-15)9-6-8(14)2-3-10(9)13/h2-6,12,18H,15H2,1H3. The molecule has 1 aromatic heterocycles. The molecule has 0 spiro atoms. The van der Waals surface area contributed by atoms with E-state index in [2.05, 4.69) is 15.4 Å². The Morgan fingerprint density at radius 2 is 2.17 bits per heavy atom. The van der Waals surface area contributed by atoms with Gasteiger partial charge >= 0.3 is 0 Å². The minimum absolute atomic E-state index is 0.375. The number of halogens is 2. The average Bonchev–Trinajstić information content (AvgIpc) is 2.35. The molecule has 1 unspecified atom stereocenters. The third-order valence-corrected chi connectivity index (χ3v) is 2.87. The minimum Gasteiger partial charge on any atom is -0.271 e. The molecule has 0 aliphatic heterocycles. The number of hydrogen-bond acceptors (Lipinski definition) is 4. The first kappa shape index (κ1) is 12.9. The number of nitrogens with two attached hydrogens (primary N) is 1. The van der Waals surface area contributed by atoms with E-state index < -0.39 is 6.04 Å². The molecular weight excluding hydrogens is 255 g/mol. The Labute approximate surface area is 109 Å². The second kappa shape index (κ2) is 5.39. The number of aromatic nitrogens is 2. The van der Waals surface area contributed by atoms with Crippen molar-refractivity contribution in [1.82, 2.24) is 15.4 Å². The van der Waals surface area contributed by atoms with E-state index in [0.29, 0.717) is 22.1 Å². The maximum atomic E-state index is 13.3. The summed E-state index contributed by atoms with van der Waals surface area (Å²) in [4.78, 5) is 8.26. The molecule has 1 heterocycles. The lowest BCUT2D eigenvalue weighted by Crippen LogP contribution is -2.30. The van der Waals surface area contributed by atoms with Crippen LogP contribution in [0.15, 0.2) is 30.5 Å². The van der Waals surface area contributed by atoms with Crippen molar-refractivity contribution in [3.63, 3.8) is 0 Å². The fourth-order valence-electron chi connectivity index (χ4n) is 1.71. The van der Waals surface area contributed by atoms with Gasteiger partial charge in [-0.25, -0.2) is 19.8 Å². The lowest BCUT2D eigenvalue weighted by molar-refractivity contribution is 0.596. The molecule has 0 bridgehead atoms. The van der Waals surface area contributed by atoms with Crippen LogP contribution >= 0.6 is 11.6 Å². The van der Waals surface area contributed by atoms with Crippen LogP contribution in [0.5, 0.6) is 0 Å². The molecule has 0 fully saturated rings. The van der Waals surface area contributed by atoms with Crippen molar-refractivity contribution >= 4 is 11.6 Å². The Kier molecular flexibility index (Phi) is 3.86. The topological polar surface area (TPSA) is 63.8 Å². The van der Waals surface area contributed by atoms with Gasteiger partial charge in [0.15, 0.2) is 0 Å². The molecule has 1 aromatic carbocycles. The van der Waals surface area contributed by atoms with E-state index in [1.807, 2.05) is 0 Å². The number of nitrogens with zero attached hydrogens (tertiary/aromatic N) is 2. The summed E-state index contributed by atoms with van der Waals surface area (Å²) in [7, 11) is 0. The van der Waals surface area contributed by atoms with Gasteiger partial charge in [0, 0.05) is 11.2 Å². The van der Waals surface area contributed by atoms with Crippen LogP contribution in [0.3, 0.4) is 0 Å². The maximum Gasteiger partial charge on any atom is 0.125 e. The van der Waals surface area contributed by atoms with Gasteiger partial charge in [-0.15, -0.1) is 0 Å². The summed E-state index contributed by atoms with van der Waals surface area (Å²) >= 11 is 6.05. The monoisotopic (exact) mass is 266 g/mol. The number of hydrazine groups is 1. The van der Waals surface area contributed by atoms with Crippen LogP contribution in [0.4, 0.5) is 4.39 Å². The fourth-order valence-corrected chi connectivity index (χ4v) is 1.93. The molecule has 18 heavy (non-hydrogen) atoms. The molecule has 6 heteroatoms. The first-order chi connectivity index (χ1) is 8.61. The summed E-state index contributed by atoms with van der Waals surface area (Å²) < 4.78 is 13.3. The van der Waals surface area contributed by atoms with Crippen molar-refractivity contribution < 1.29 is 4.39 Å². The van der Waals surface area contributed by atoms with E-state index in [1.54, 1.807) is 19.2 Å². The SMILES string of the molecule is Cc1nccc(C(NN)c2cc(F)ccc2Cl)n1. The Bertz CT molecular complexity index is 562. The molecule has 0 aliphatic carbocycles. The Morgan fingerprint density at radius 3 is 2.83 bits per heavy atom. The third kappa shape index (κ3) is 2.64.